The van der Waals surface area contributed by atoms with Crippen molar-refractivity contribution in [2.45, 2.75) is 230 Å². The first-order valence-electron chi connectivity index (χ1n) is 23.8. The smallest absolute Gasteiger partial charge is 0.311 e. The van der Waals surface area contributed by atoms with Gasteiger partial charge in [-0.1, -0.05) is 40.0 Å². The maximum Gasteiger partial charge on any atom is 0.311 e. The number of carbonyl (C=O) groups is 3. The number of amides is 1. The van der Waals surface area contributed by atoms with Gasteiger partial charge in [-0.15, -0.1) is 0 Å². The van der Waals surface area contributed by atoms with Crippen LogP contribution in [0.2, 0.25) is 0 Å². The van der Waals surface area contributed by atoms with Crippen molar-refractivity contribution < 1.29 is 67.6 Å². The summed E-state index contributed by atoms with van der Waals surface area (Å²) < 4.78 is 51.2. The van der Waals surface area contributed by atoms with Gasteiger partial charge in [-0.05, 0) is 94.7 Å². The third-order valence-corrected chi connectivity index (χ3v) is 14.7. The molecule has 17 heteroatoms. The summed E-state index contributed by atoms with van der Waals surface area (Å²) in [6.45, 7) is 17.8. The van der Waals surface area contributed by atoms with Gasteiger partial charge in [-0.2, -0.15) is 0 Å². The minimum absolute atomic E-state index is 0.0874. The molecule has 64 heavy (non-hydrogen) atoms. The molecule has 3 saturated heterocycles. The van der Waals surface area contributed by atoms with E-state index < -0.39 is 108 Å². The van der Waals surface area contributed by atoms with Gasteiger partial charge in [0, 0.05) is 51.1 Å². The number of aliphatic hydroxyl groups excluding tert-OH is 2. The fourth-order valence-electron chi connectivity index (χ4n) is 10.5. The van der Waals surface area contributed by atoms with E-state index in [0.29, 0.717) is 19.0 Å². The fourth-order valence-corrected chi connectivity index (χ4v) is 10.5. The Kier molecular flexibility index (Phi) is 19.9. The number of nitrogens with zero attached hydrogens (tertiary/aromatic N) is 1. The summed E-state index contributed by atoms with van der Waals surface area (Å²) >= 11 is 0. The lowest BCUT2D eigenvalue weighted by atomic mass is 9.77. The minimum atomic E-state index is -1.97. The molecule has 1 amide bonds. The molecule has 4 fully saturated rings. The molecule has 18 atom stereocenters. The first kappa shape index (κ1) is 54.6. The zero-order valence-corrected chi connectivity index (χ0v) is 41.3. The summed E-state index contributed by atoms with van der Waals surface area (Å²) in [5.74, 6) is -4.07. The molecular weight excluding hydrogens is 831 g/mol. The molecule has 17 nitrogen and oxygen atoms in total. The molecule has 0 spiro atoms. The van der Waals surface area contributed by atoms with E-state index in [1.807, 2.05) is 39.8 Å². The molecule has 4 aliphatic rings. The molecule has 0 aromatic carbocycles. The van der Waals surface area contributed by atoms with Crippen LogP contribution in [0.1, 0.15) is 133 Å². The summed E-state index contributed by atoms with van der Waals surface area (Å²) in [5.41, 5.74) is -4.33. The number of esters is 2. The third-order valence-electron chi connectivity index (χ3n) is 14.7. The average Bonchev–Trinajstić information content (AvgIpc) is 3.24. The van der Waals surface area contributed by atoms with E-state index >= 15 is 0 Å². The van der Waals surface area contributed by atoms with E-state index in [1.165, 1.54) is 33.3 Å². The Bertz CT molecular complexity index is 1500. The Morgan fingerprint density at radius 1 is 0.906 bits per heavy atom. The largest absolute Gasteiger partial charge is 0.459 e. The summed E-state index contributed by atoms with van der Waals surface area (Å²) in [5, 5.41) is 41.3. The molecule has 3 aliphatic heterocycles. The average molecular weight is 916 g/mol. The number of cyclic esters (lactones) is 1. The van der Waals surface area contributed by atoms with Gasteiger partial charge in [0.1, 0.15) is 29.5 Å². The number of methoxy groups -OCH3 is 2. The van der Waals surface area contributed by atoms with Crippen LogP contribution in [0.25, 0.3) is 0 Å². The lowest BCUT2D eigenvalue weighted by Crippen LogP contribution is -2.61. The molecule has 372 valence electrons. The zero-order valence-electron chi connectivity index (χ0n) is 41.3. The van der Waals surface area contributed by atoms with Gasteiger partial charge in [-0.25, -0.2) is 0 Å². The summed E-state index contributed by atoms with van der Waals surface area (Å²) in [7, 11) is 6.82. The van der Waals surface area contributed by atoms with Gasteiger partial charge in [-0.3, -0.25) is 14.4 Å². The third kappa shape index (κ3) is 13.1. The Morgan fingerprint density at radius 3 is 2.12 bits per heavy atom. The minimum Gasteiger partial charge on any atom is -0.459 e. The molecule has 5 N–H and O–H groups in total. The van der Waals surface area contributed by atoms with E-state index in [0.717, 1.165) is 12.8 Å². The fraction of sp³-hybridized carbons (Fsp3) is 0.936. The quantitative estimate of drug-likeness (QED) is 0.167. The SMILES string of the molecule is CC[C@H]1OC(=O)[C@H](C)[C@@H](O[C@H]2C[C@@](C)(OC)[C@@H](OC(=O)CCNC3CCCCC3)[C@H](C)O2)[C@H](C)[C@@H](O[C@@H]2O[C@H](C)C[C@H](N(C)C)[C@H]2O)[C@](C)(OC)C[C@@H](C)C(=O)N[C@H](C)[C@@H](O)[C@]1(C)O. The zero-order chi connectivity index (χ0) is 47.9. The van der Waals surface area contributed by atoms with Crippen LogP contribution in [0.3, 0.4) is 0 Å². The standard InChI is InChI=1S/C47H85N3O14/c1-15-34-47(10,56)39(53)30(6)49-42(54)26(2)24-45(8,57-13)40(64-44-37(52)33(50(11)12)23-27(3)59-44)28(4)38(29(5)43(55)61-34)63-36-25-46(9,58-14)41(31(7)60-36)62-35(51)21-22-48-32-19-17-16-18-20-32/h26-34,36-41,44,48,52-53,56H,15-25H2,1-14H3,(H,49,54)/t26-,27-,28+,29-,30-,31+,33+,34-,36+,37-,38+,39-,40-,41+,44+,45-,46-,47-/m1/s1. The first-order chi connectivity index (χ1) is 29.9. The van der Waals surface area contributed by atoms with Crippen molar-refractivity contribution in [3.8, 4) is 0 Å². The van der Waals surface area contributed by atoms with Gasteiger partial charge < -0.3 is 68.7 Å². The van der Waals surface area contributed by atoms with E-state index in [-0.39, 0.29) is 43.8 Å². The van der Waals surface area contributed by atoms with Crippen LogP contribution >= 0.6 is 0 Å². The predicted octanol–water partition coefficient (Wildman–Crippen LogP) is 3.60. The highest BCUT2D eigenvalue weighted by Crippen LogP contribution is 2.41. The molecule has 0 aromatic rings. The van der Waals surface area contributed by atoms with E-state index in [1.54, 1.807) is 48.7 Å². The molecule has 4 rings (SSSR count). The molecule has 0 radical (unpaired) electrons. The first-order valence-corrected chi connectivity index (χ1v) is 23.8. The van der Waals surface area contributed by atoms with Crippen LogP contribution in [-0.2, 0) is 52.3 Å². The van der Waals surface area contributed by atoms with Crippen LogP contribution in [0, 0.1) is 17.8 Å². The van der Waals surface area contributed by atoms with Crippen LogP contribution in [0.15, 0.2) is 0 Å². The van der Waals surface area contributed by atoms with Crippen molar-refractivity contribution in [3.63, 3.8) is 0 Å². The highest BCUT2D eigenvalue weighted by molar-refractivity contribution is 5.78. The molecule has 1 saturated carbocycles. The number of hydrogen-bond acceptors (Lipinski definition) is 16. The molecule has 0 aromatic heterocycles. The Balaban J connectivity index is 1.74. The molecule has 0 unspecified atom stereocenters. The second-order valence-corrected chi connectivity index (χ2v) is 20.2. The Morgan fingerprint density at radius 2 is 1.53 bits per heavy atom. The van der Waals surface area contributed by atoms with Gasteiger partial charge in [0.15, 0.2) is 18.7 Å². The van der Waals surface area contributed by atoms with Gasteiger partial charge in [0.05, 0.1) is 48.4 Å². The second kappa shape index (κ2) is 23.3. The topological polar surface area (TPSA) is 213 Å². The maximum atomic E-state index is 14.5. The predicted molar refractivity (Wildman–Crippen MR) is 238 cm³/mol. The summed E-state index contributed by atoms with van der Waals surface area (Å²) in [6.07, 6.45) is -2.90. The number of nitrogens with one attached hydrogen (secondary N) is 2. The van der Waals surface area contributed by atoms with Crippen molar-refractivity contribution in [2.24, 2.45) is 17.8 Å². The van der Waals surface area contributed by atoms with Gasteiger partial charge in [0.25, 0.3) is 0 Å². The number of hydrogen-bond donors (Lipinski definition) is 5. The lowest BCUT2D eigenvalue weighted by Gasteiger charge is -2.49. The van der Waals surface area contributed by atoms with Crippen molar-refractivity contribution in [2.75, 3.05) is 34.9 Å². The molecule has 1 aliphatic carbocycles. The van der Waals surface area contributed by atoms with Crippen molar-refractivity contribution >= 4 is 17.8 Å². The van der Waals surface area contributed by atoms with Gasteiger partial charge in [0.2, 0.25) is 5.91 Å². The number of likely N-dealkylation sites (N-methyl/N-ethyl adjacent to an activating group) is 1. The van der Waals surface area contributed by atoms with Crippen LogP contribution in [0.4, 0.5) is 0 Å². The Labute approximate surface area is 382 Å². The summed E-state index contributed by atoms with van der Waals surface area (Å²) in [4.78, 5) is 43.6. The van der Waals surface area contributed by atoms with Gasteiger partial charge >= 0.3 is 11.9 Å². The van der Waals surface area contributed by atoms with Crippen molar-refractivity contribution in [1.82, 2.24) is 15.5 Å². The molecule has 0 bridgehead atoms. The molecule has 3 heterocycles. The van der Waals surface area contributed by atoms with Crippen molar-refractivity contribution in [3.05, 3.63) is 0 Å². The Hall–Kier alpha value is -2.03. The maximum absolute atomic E-state index is 14.5. The summed E-state index contributed by atoms with van der Waals surface area (Å²) in [6, 6.07) is -0.841. The monoisotopic (exact) mass is 916 g/mol. The second-order valence-electron chi connectivity index (χ2n) is 20.2. The van der Waals surface area contributed by atoms with E-state index in [2.05, 4.69) is 10.6 Å². The van der Waals surface area contributed by atoms with Crippen LogP contribution in [-0.4, -0.2) is 169 Å². The molecular formula is C47H85N3O14. The lowest BCUT2D eigenvalue weighted by molar-refractivity contribution is -0.320. The van der Waals surface area contributed by atoms with E-state index in [4.69, 9.17) is 37.9 Å². The number of carbonyl (C=O) groups excluding carboxylic acids is 3. The highest BCUT2D eigenvalue weighted by atomic mass is 16.7. The van der Waals surface area contributed by atoms with Crippen LogP contribution < -0.4 is 10.6 Å². The number of aliphatic hydroxyl groups is 3. The van der Waals surface area contributed by atoms with Crippen molar-refractivity contribution in [1.29, 1.82) is 0 Å². The highest BCUT2D eigenvalue weighted by Gasteiger charge is 2.54. The normalized spacial score (nSPS) is 43.8. The van der Waals surface area contributed by atoms with E-state index in [9.17, 15) is 29.7 Å². The number of rotatable bonds is 13. The van der Waals surface area contributed by atoms with Crippen LogP contribution in [0.5, 0.6) is 0 Å². The number of ether oxygens (including phenoxy) is 8.